The van der Waals surface area contributed by atoms with Gasteiger partial charge in [-0.2, -0.15) is 0 Å². The molecule has 0 bridgehead atoms. The van der Waals surface area contributed by atoms with E-state index in [1.54, 1.807) is 0 Å². The molecule has 1 aliphatic rings. The Morgan fingerprint density at radius 2 is 1.94 bits per heavy atom. The molecule has 1 heterocycles. The lowest BCUT2D eigenvalue weighted by Crippen LogP contribution is -2.37. The summed E-state index contributed by atoms with van der Waals surface area (Å²) < 4.78 is 0. The highest BCUT2D eigenvalue weighted by molar-refractivity contribution is 5.60. The van der Waals surface area contributed by atoms with E-state index in [0.29, 0.717) is 5.92 Å². The molecular formula is C28H43N3. The molecule has 1 aromatic carbocycles. The maximum absolute atomic E-state index is 4.37. The van der Waals surface area contributed by atoms with Crippen LogP contribution in [0, 0.1) is 11.8 Å². The Morgan fingerprint density at radius 1 is 1.26 bits per heavy atom. The Labute approximate surface area is 191 Å². The monoisotopic (exact) mass is 421 g/mol. The summed E-state index contributed by atoms with van der Waals surface area (Å²) in [6, 6.07) is 6.35. The lowest BCUT2D eigenvalue weighted by Gasteiger charge is -2.34. The molecule has 1 aromatic rings. The van der Waals surface area contributed by atoms with Gasteiger partial charge in [0, 0.05) is 38.0 Å². The van der Waals surface area contributed by atoms with E-state index in [-0.39, 0.29) is 1.43 Å². The van der Waals surface area contributed by atoms with Crippen LogP contribution in [0.15, 0.2) is 66.7 Å². The average molecular weight is 422 g/mol. The number of hydrogen-bond donors (Lipinski definition) is 1. The third kappa shape index (κ3) is 7.00. The van der Waals surface area contributed by atoms with Crippen molar-refractivity contribution in [1.82, 2.24) is 9.80 Å². The molecule has 0 unspecified atom stereocenters. The van der Waals surface area contributed by atoms with Gasteiger partial charge in [0.1, 0.15) is 0 Å². The van der Waals surface area contributed by atoms with Crippen LogP contribution in [0.25, 0.3) is 12.7 Å². The highest BCUT2D eigenvalue weighted by Gasteiger charge is 2.21. The summed E-state index contributed by atoms with van der Waals surface area (Å²) in [6.07, 6.45) is 10.6. The molecule has 1 fully saturated rings. The van der Waals surface area contributed by atoms with Crippen molar-refractivity contribution in [3.63, 3.8) is 0 Å². The number of allylic oxidation sites excluding steroid dienone is 4. The van der Waals surface area contributed by atoms with Crippen LogP contribution in [0.4, 0.5) is 5.69 Å². The third-order valence-corrected chi connectivity index (χ3v) is 6.00. The third-order valence-electron chi connectivity index (χ3n) is 6.00. The summed E-state index contributed by atoms with van der Waals surface area (Å²) in [4.78, 5) is 4.61. The van der Waals surface area contributed by atoms with Crippen LogP contribution >= 0.6 is 0 Å². The first-order valence-electron chi connectivity index (χ1n) is 11.5. The van der Waals surface area contributed by atoms with Gasteiger partial charge in [0.2, 0.25) is 0 Å². The fourth-order valence-corrected chi connectivity index (χ4v) is 4.22. The Bertz CT molecular complexity index is 934. The maximum Gasteiger partial charge on any atom is 0.0430 e. The summed E-state index contributed by atoms with van der Waals surface area (Å²) >= 11 is 0. The van der Waals surface area contributed by atoms with Crippen molar-refractivity contribution in [2.45, 2.75) is 40.5 Å². The van der Waals surface area contributed by atoms with Crippen LogP contribution in [-0.4, -0.2) is 36.5 Å². The Morgan fingerprint density at radius 3 is 2.48 bits per heavy atom. The second kappa shape index (κ2) is 11.8. The molecule has 1 saturated heterocycles. The first-order valence-corrected chi connectivity index (χ1v) is 11.5. The standard InChI is InChI=1S/C28H41N3.H2/c1-9-24(28(10-2)30(8)11-3)18-26-19-27(13-12-22(26)6)29-23(7)25-14-16-31(17-15-25)20-21(4)5;/h9-13,18-19,21,25,29H,3,6-7,14-17,20H2,1-2,4-5,8H3;1H/b24-9+,26-18-,28-10-;. The predicted molar refractivity (Wildman–Crippen MR) is 140 cm³/mol. The molecule has 31 heavy (non-hydrogen) atoms. The first-order chi connectivity index (χ1) is 14.8. The van der Waals surface area contributed by atoms with E-state index < -0.39 is 0 Å². The van der Waals surface area contributed by atoms with Crippen LogP contribution in [0.5, 0.6) is 0 Å². The average Bonchev–Trinajstić information content (AvgIpc) is 2.75. The van der Waals surface area contributed by atoms with Gasteiger partial charge >= 0.3 is 0 Å². The van der Waals surface area contributed by atoms with E-state index in [0.717, 1.165) is 52.1 Å². The van der Waals surface area contributed by atoms with Gasteiger partial charge in [-0.1, -0.05) is 51.8 Å². The van der Waals surface area contributed by atoms with Gasteiger partial charge < -0.3 is 15.1 Å². The number of likely N-dealkylation sites (N-methyl/N-ethyl adjacent to an activating group) is 1. The van der Waals surface area contributed by atoms with E-state index in [1.807, 2.05) is 25.1 Å². The topological polar surface area (TPSA) is 18.5 Å². The summed E-state index contributed by atoms with van der Waals surface area (Å²) in [6.45, 7) is 24.7. The molecule has 0 amide bonds. The second-order valence-electron chi connectivity index (χ2n) is 8.89. The number of anilines is 1. The van der Waals surface area contributed by atoms with Gasteiger partial charge in [-0.25, -0.2) is 0 Å². The number of likely N-dealkylation sites (tertiary alicyclic amines) is 1. The number of piperidine rings is 1. The summed E-state index contributed by atoms with van der Waals surface area (Å²) in [5.74, 6) is 1.25. The quantitative estimate of drug-likeness (QED) is 0.543. The lowest BCUT2D eigenvalue weighted by molar-refractivity contribution is 0.181. The minimum atomic E-state index is 0. The highest BCUT2D eigenvalue weighted by Crippen LogP contribution is 2.25. The Balaban J connectivity index is 0.00000512. The molecule has 3 heteroatoms. The SMILES string of the molecule is C=CN(C)C(=C\C)/C(/C=c1/cc(NC(=C)C2CCN(CC(C)C)CC2)ccc1=C)=C/C.[HH]. The normalized spacial score (nSPS) is 17.2. The van der Waals surface area contributed by atoms with Crippen LogP contribution < -0.4 is 15.8 Å². The zero-order chi connectivity index (χ0) is 23.0. The van der Waals surface area contributed by atoms with Crippen LogP contribution in [-0.2, 0) is 0 Å². The van der Waals surface area contributed by atoms with Crippen LogP contribution in [0.1, 0.15) is 42.0 Å². The zero-order valence-corrected chi connectivity index (χ0v) is 20.2. The predicted octanol–water partition coefficient (Wildman–Crippen LogP) is 5.34. The van der Waals surface area contributed by atoms with Crippen molar-refractivity contribution >= 4 is 18.3 Å². The minimum Gasteiger partial charge on any atom is -0.359 e. The van der Waals surface area contributed by atoms with E-state index in [9.17, 15) is 0 Å². The molecule has 0 radical (unpaired) electrons. The van der Waals surface area contributed by atoms with Crippen molar-refractivity contribution in [3.05, 3.63) is 77.1 Å². The fourth-order valence-electron chi connectivity index (χ4n) is 4.22. The molecule has 0 saturated carbocycles. The molecule has 0 aromatic heterocycles. The fraction of sp³-hybridized carbons (Fsp3) is 0.429. The molecule has 1 aliphatic heterocycles. The van der Waals surface area contributed by atoms with Crippen molar-refractivity contribution in [2.75, 3.05) is 32.0 Å². The van der Waals surface area contributed by atoms with Crippen LogP contribution in [0.2, 0.25) is 0 Å². The number of rotatable bonds is 9. The molecule has 0 atom stereocenters. The van der Waals surface area contributed by atoms with Crippen molar-refractivity contribution in [3.8, 4) is 0 Å². The smallest absolute Gasteiger partial charge is 0.0430 e. The van der Waals surface area contributed by atoms with Gasteiger partial charge in [-0.3, -0.25) is 0 Å². The number of nitrogens with zero attached hydrogens (tertiary/aromatic N) is 2. The molecular weight excluding hydrogens is 378 g/mol. The molecule has 0 spiro atoms. The maximum atomic E-state index is 4.37. The van der Waals surface area contributed by atoms with E-state index in [2.05, 4.69) is 87.2 Å². The van der Waals surface area contributed by atoms with Crippen molar-refractivity contribution in [2.24, 2.45) is 11.8 Å². The second-order valence-corrected chi connectivity index (χ2v) is 8.89. The van der Waals surface area contributed by atoms with E-state index in [4.69, 9.17) is 0 Å². The summed E-state index contributed by atoms with van der Waals surface area (Å²) in [5.41, 5.74) is 4.46. The Hall–Kier alpha value is -2.52. The largest absolute Gasteiger partial charge is 0.359 e. The first kappa shape index (κ1) is 24.7. The van der Waals surface area contributed by atoms with Crippen LogP contribution in [0.3, 0.4) is 0 Å². The van der Waals surface area contributed by atoms with Crippen molar-refractivity contribution in [1.29, 1.82) is 0 Å². The summed E-state index contributed by atoms with van der Waals surface area (Å²) in [7, 11) is 2.01. The number of benzene rings is 1. The molecule has 170 valence electrons. The zero-order valence-electron chi connectivity index (χ0n) is 20.2. The number of nitrogens with one attached hydrogen (secondary N) is 1. The van der Waals surface area contributed by atoms with Gasteiger partial charge in [-0.05, 0) is 86.1 Å². The molecule has 1 N–H and O–H groups in total. The molecule has 0 aliphatic carbocycles. The Kier molecular flexibility index (Phi) is 9.39. The number of hydrogen-bond acceptors (Lipinski definition) is 3. The van der Waals surface area contributed by atoms with Gasteiger partial charge in [0.15, 0.2) is 0 Å². The van der Waals surface area contributed by atoms with Gasteiger partial charge in [0.25, 0.3) is 0 Å². The van der Waals surface area contributed by atoms with E-state index in [1.165, 1.54) is 19.4 Å². The molecule has 2 rings (SSSR count). The minimum absolute atomic E-state index is 0. The van der Waals surface area contributed by atoms with Crippen molar-refractivity contribution < 1.29 is 1.43 Å². The lowest BCUT2D eigenvalue weighted by atomic mass is 9.93. The van der Waals surface area contributed by atoms with E-state index >= 15 is 0 Å². The highest BCUT2D eigenvalue weighted by atomic mass is 15.1. The summed E-state index contributed by atoms with van der Waals surface area (Å²) in [5, 5.41) is 5.70. The van der Waals surface area contributed by atoms with Gasteiger partial charge in [0.05, 0.1) is 0 Å². The van der Waals surface area contributed by atoms with Gasteiger partial charge in [-0.15, -0.1) is 0 Å². The molecule has 3 nitrogen and oxygen atoms in total.